The second-order valence-corrected chi connectivity index (χ2v) is 3.96. The fourth-order valence-corrected chi connectivity index (χ4v) is 1.62. The molecule has 0 atom stereocenters. The molecule has 0 bridgehead atoms. The summed E-state index contributed by atoms with van der Waals surface area (Å²) in [4.78, 5) is 10.7. The highest BCUT2D eigenvalue weighted by Gasteiger charge is 2.05. The lowest BCUT2D eigenvalue weighted by Crippen LogP contribution is -1.94. The van der Waals surface area contributed by atoms with Crippen LogP contribution in [0.4, 0.5) is 0 Å². The van der Waals surface area contributed by atoms with E-state index in [9.17, 15) is 9.90 Å². The van der Waals surface area contributed by atoms with Gasteiger partial charge in [0.25, 0.3) is 0 Å². The predicted octanol–water partition coefficient (Wildman–Crippen LogP) is 3.41. The molecule has 2 aromatic carbocycles. The summed E-state index contributed by atoms with van der Waals surface area (Å²) in [6, 6.07) is 11.3. The summed E-state index contributed by atoms with van der Waals surface area (Å²) in [7, 11) is 0. The Kier molecular flexibility index (Phi) is 3.02. The van der Waals surface area contributed by atoms with Crippen LogP contribution in [0.5, 0.6) is 5.75 Å². The Hall–Kier alpha value is -2.00. The van der Waals surface area contributed by atoms with Crippen LogP contribution in [0.2, 0.25) is 5.02 Å². The molecule has 0 saturated heterocycles. The van der Waals surface area contributed by atoms with Gasteiger partial charge in [-0.3, -0.25) is 0 Å². The molecule has 3 nitrogen and oxygen atoms in total. The summed E-state index contributed by atoms with van der Waals surface area (Å²) >= 11 is 5.71. The zero-order chi connectivity index (χ0) is 12.4. The van der Waals surface area contributed by atoms with E-state index < -0.39 is 5.97 Å². The van der Waals surface area contributed by atoms with Gasteiger partial charge in [0, 0.05) is 0 Å². The normalized spacial score (nSPS) is 10.2. The van der Waals surface area contributed by atoms with Gasteiger partial charge in [-0.25, -0.2) is 4.79 Å². The van der Waals surface area contributed by atoms with Crippen LogP contribution in [0.3, 0.4) is 0 Å². The van der Waals surface area contributed by atoms with Gasteiger partial charge < -0.3 is 10.2 Å². The number of aromatic hydroxyl groups is 1. The van der Waals surface area contributed by atoms with Gasteiger partial charge in [0.1, 0.15) is 5.75 Å². The standard InChI is InChI=1S/C13H9ClO3/c14-11-6-5-10(7-12(11)15)8-1-3-9(4-2-8)13(16)17/h1-7,15H,(H,16,17). The van der Waals surface area contributed by atoms with Crippen LogP contribution in [0.25, 0.3) is 11.1 Å². The SMILES string of the molecule is O=C(O)c1ccc(-c2ccc(Cl)c(O)c2)cc1. The van der Waals surface area contributed by atoms with Crippen LogP contribution in [0.1, 0.15) is 10.4 Å². The first-order chi connectivity index (χ1) is 8.08. The smallest absolute Gasteiger partial charge is 0.335 e. The summed E-state index contributed by atoms with van der Waals surface area (Å²) in [5.74, 6) is -0.956. The van der Waals surface area contributed by atoms with E-state index in [4.69, 9.17) is 16.7 Å². The summed E-state index contributed by atoms with van der Waals surface area (Å²) < 4.78 is 0. The highest BCUT2D eigenvalue weighted by atomic mass is 35.5. The van der Waals surface area contributed by atoms with E-state index in [1.807, 2.05) is 0 Å². The molecule has 0 fully saturated rings. The molecule has 0 aliphatic heterocycles. The zero-order valence-corrected chi connectivity index (χ0v) is 9.48. The summed E-state index contributed by atoms with van der Waals surface area (Å²) in [5, 5.41) is 18.5. The van der Waals surface area contributed by atoms with Crippen molar-refractivity contribution in [2.24, 2.45) is 0 Å². The Morgan fingerprint density at radius 3 is 2.12 bits per heavy atom. The van der Waals surface area contributed by atoms with Crippen molar-refractivity contribution in [2.75, 3.05) is 0 Å². The quantitative estimate of drug-likeness (QED) is 0.856. The second kappa shape index (κ2) is 4.47. The largest absolute Gasteiger partial charge is 0.506 e. The highest BCUT2D eigenvalue weighted by Crippen LogP contribution is 2.29. The molecule has 86 valence electrons. The number of carbonyl (C=O) groups is 1. The lowest BCUT2D eigenvalue weighted by Gasteiger charge is -2.04. The lowest BCUT2D eigenvalue weighted by atomic mass is 10.0. The van der Waals surface area contributed by atoms with Crippen LogP contribution in [-0.2, 0) is 0 Å². The molecule has 0 spiro atoms. The summed E-state index contributed by atoms with van der Waals surface area (Å²) in [6.45, 7) is 0. The van der Waals surface area contributed by atoms with Gasteiger partial charge in [0.2, 0.25) is 0 Å². The average Bonchev–Trinajstić information content (AvgIpc) is 2.33. The Morgan fingerprint density at radius 1 is 1.00 bits per heavy atom. The zero-order valence-electron chi connectivity index (χ0n) is 8.72. The second-order valence-electron chi connectivity index (χ2n) is 3.55. The van der Waals surface area contributed by atoms with E-state index in [1.54, 1.807) is 24.3 Å². The van der Waals surface area contributed by atoms with Crippen molar-refractivity contribution < 1.29 is 15.0 Å². The minimum Gasteiger partial charge on any atom is -0.506 e. The monoisotopic (exact) mass is 248 g/mol. The van der Waals surface area contributed by atoms with E-state index in [1.165, 1.54) is 18.2 Å². The van der Waals surface area contributed by atoms with Gasteiger partial charge in [-0.05, 0) is 35.4 Å². The number of rotatable bonds is 2. The molecule has 0 aliphatic carbocycles. The number of aromatic carboxylic acids is 1. The minimum absolute atomic E-state index is 0.00600. The van der Waals surface area contributed by atoms with Crippen molar-refractivity contribution in [3.8, 4) is 16.9 Å². The van der Waals surface area contributed by atoms with Crippen LogP contribution < -0.4 is 0 Å². The first-order valence-electron chi connectivity index (χ1n) is 4.90. The van der Waals surface area contributed by atoms with Crippen molar-refractivity contribution in [1.82, 2.24) is 0 Å². The van der Waals surface area contributed by atoms with E-state index >= 15 is 0 Å². The minimum atomic E-state index is -0.962. The van der Waals surface area contributed by atoms with E-state index in [2.05, 4.69) is 0 Å². The molecule has 0 saturated carbocycles. The molecule has 0 amide bonds. The van der Waals surface area contributed by atoms with Gasteiger partial charge in [0.05, 0.1) is 10.6 Å². The first-order valence-corrected chi connectivity index (χ1v) is 5.28. The molecular weight excluding hydrogens is 240 g/mol. The van der Waals surface area contributed by atoms with Crippen molar-refractivity contribution in [3.05, 3.63) is 53.1 Å². The van der Waals surface area contributed by atoms with Gasteiger partial charge in [-0.1, -0.05) is 29.8 Å². The third-order valence-corrected chi connectivity index (χ3v) is 2.73. The number of halogens is 1. The van der Waals surface area contributed by atoms with Crippen LogP contribution in [-0.4, -0.2) is 16.2 Å². The van der Waals surface area contributed by atoms with Crippen molar-refractivity contribution in [2.45, 2.75) is 0 Å². The van der Waals surface area contributed by atoms with Crippen molar-refractivity contribution >= 4 is 17.6 Å². The Labute approximate surface area is 103 Å². The molecule has 0 heterocycles. The van der Waals surface area contributed by atoms with Crippen molar-refractivity contribution in [1.29, 1.82) is 0 Å². The fourth-order valence-electron chi connectivity index (χ4n) is 1.50. The van der Waals surface area contributed by atoms with Gasteiger partial charge in [-0.15, -0.1) is 0 Å². The lowest BCUT2D eigenvalue weighted by molar-refractivity contribution is 0.0697. The molecule has 17 heavy (non-hydrogen) atoms. The third kappa shape index (κ3) is 2.40. The van der Waals surface area contributed by atoms with Gasteiger partial charge in [-0.2, -0.15) is 0 Å². The molecule has 4 heteroatoms. The summed E-state index contributed by atoms with van der Waals surface area (Å²) in [5.41, 5.74) is 1.83. The molecule has 2 rings (SSSR count). The van der Waals surface area contributed by atoms with Crippen molar-refractivity contribution in [3.63, 3.8) is 0 Å². The maximum absolute atomic E-state index is 10.7. The molecule has 0 aromatic heterocycles. The molecular formula is C13H9ClO3. The molecule has 2 aromatic rings. The van der Waals surface area contributed by atoms with Crippen LogP contribution in [0, 0.1) is 0 Å². The van der Waals surface area contributed by atoms with Gasteiger partial charge >= 0.3 is 5.97 Å². The maximum atomic E-state index is 10.7. The first kappa shape index (κ1) is 11.5. The van der Waals surface area contributed by atoms with Gasteiger partial charge in [0.15, 0.2) is 0 Å². The summed E-state index contributed by atoms with van der Waals surface area (Å²) in [6.07, 6.45) is 0. The van der Waals surface area contributed by atoms with Crippen LogP contribution in [0.15, 0.2) is 42.5 Å². The number of hydrogen-bond donors (Lipinski definition) is 2. The average molecular weight is 249 g/mol. The number of hydrogen-bond acceptors (Lipinski definition) is 2. The Balaban J connectivity index is 2.39. The number of phenols is 1. The van der Waals surface area contributed by atoms with E-state index in [0.29, 0.717) is 0 Å². The predicted molar refractivity (Wildman–Crippen MR) is 65.5 cm³/mol. The van der Waals surface area contributed by atoms with E-state index in [0.717, 1.165) is 11.1 Å². The third-order valence-electron chi connectivity index (χ3n) is 2.41. The molecule has 0 aliphatic rings. The number of carboxylic acid groups (broad SMARTS) is 1. The Morgan fingerprint density at radius 2 is 1.59 bits per heavy atom. The molecule has 0 radical (unpaired) electrons. The fraction of sp³-hybridized carbons (Fsp3) is 0. The number of benzene rings is 2. The molecule has 2 N–H and O–H groups in total. The van der Waals surface area contributed by atoms with Crippen LogP contribution >= 0.6 is 11.6 Å². The Bertz CT molecular complexity index is 561. The molecule has 0 unspecified atom stereocenters. The maximum Gasteiger partial charge on any atom is 0.335 e. The number of carboxylic acids is 1. The highest BCUT2D eigenvalue weighted by molar-refractivity contribution is 6.32. The van der Waals surface area contributed by atoms with E-state index in [-0.39, 0.29) is 16.3 Å². The topological polar surface area (TPSA) is 57.5 Å². The number of phenolic OH excluding ortho intramolecular Hbond substituents is 1.